The van der Waals surface area contributed by atoms with Gasteiger partial charge in [-0.15, -0.1) is 0 Å². The minimum absolute atomic E-state index is 0.0321. The summed E-state index contributed by atoms with van der Waals surface area (Å²) in [4.78, 5) is 19.1. The van der Waals surface area contributed by atoms with E-state index in [4.69, 9.17) is 9.47 Å². The molecule has 2 rings (SSSR count). The van der Waals surface area contributed by atoms with Gasteiger partial charge < -0.3 is 14.4 Å². The van der Waals surface area contributed by atoms with E-state index >= 15 is 0 Å². The van der Waals surface area contributed by atoms with Crippen molar-refractivity contribution in [2.45, 2.75) is 38.6 Å². The second-order valence-corrected chi connectivity index (χ2v) is 5.72. The first kappa shape index (κ1) is 15.8. The zero-order valence-corrected chi connectivity index (χ0v) is 13.3. The maximum Gasteiger partial charge on any atom is 0.272 e. The summed E-state index contributed by atoms with van der Waals surface area (Å²) in [6.45, 7) is 5.45. The van der Waals surface area contributed by atoms with E-state index < -0.39 is 0 Å². The lowest BCUT2D eigenvalue weighted by Crippen LogP contribution is -2.38. The van der Waals surface area contributed by atoms with Crippen LogP contribution in [0.25, 0.3) is 0 Å². The van der Waals surface area contributed by atoms with Crippen LogP contribution in [0.2, 0.25) is 0 Å². The van der Waals surface area contributed by atoms with Crippen LogP contribution in [0.1, 0.15) is 48.8 Å². The molecule has 1 atom stereocenters. The second kappa shape index (κ2) is 6.89. The van der Waals surface area contributed by atoms with E-state index in [0.717, 1.165) is 25.1 Å². The molecule has 5 nitrogen and oxygen atoms in total. The number of carbonyl (C=O) groups excluding carboxylic acids is 1. The Labute approximate surface area is 126 Å². The van der Waals surface area contributed by atoms with E-state index in [1.54, 1.807) is 20.3 Å². The molecule has 0 bridgehead atoms. The number of likely N-dealkylation sites (tertiary alicyclic amines) is 1. The number of amides is 1. The van der Waals surface area contributed by atoms with Crippen LogP contribution in [-0.4, -0.2) is 49.2 Å². The molecule has 0 radical (unpaired) electrons. The fraction of sp³-hybridized carbons (Fsp3) is 0.625. The zero-order valence-electron chi connectivity index (χ0n) is 13.3. The molecule has 1 fully saturated rings. The Balaban J connectivity index is 2.27. The van der Waals surface area contributed by atoms with Crippen LogP contribution in [0.4, 0.5) is 0 Å². The lowest BCUT2D eigenvalue weighted by atomic mass is 10.1. The molecule has 0 aliphatic carbocycles. The SMILES string of the molecule is COC[C@H]1CCCN1C(=O)c1cc(OC)cc(C(C)C)n1. The minimum Gasteiger partial charge on any atom is -0.497 e. The van der Waals surface area contributed by atoms with Gasteiger partial charge >= 0.3 is 0 Å². The largest absolute Gasteiger partial charge is 0.497 e. The quantitative estimate of drug-likeness (QED) is 0.836. The van der Waals surface area contributed by atoms with Crippen molar-refractivity contribution < 1.29 is 14.3 Å². The molecule has 0 spiro atoms. The van der Waals surface area contributed by atoms with Gasteiger partial charge in [-0.1, -0.05) is 13.8 Å². The normalized spacial score (nSPS) is 18.3. The van der Waals surface area contributed by atoms with Gasteiger partial charge in [-0.25, -0.2) is 4.98 Å². The van der Waals surface area contributed by atoms with Gasteiger partial charge in [0.15, 0.2) is 0 Å². The average Bonchev–Trinajstić information content (AvgIpc) is 2.94. The van der Waals surface area contributed by atoms with Crippen molar-refractivity contribution in [2.75, 3.05) is 27.4 Å². The van der Waals surface area contributed by atoms with E-state index in [-0.39, 0.29) is 17.9 Å². The van der Waals surface area contributed by atoms with Crippen molar-refractivity contribution in [1.29, 1.82) is 0 Å². The number of nitrogens with zero attached hydrogens (tertiary/aromatic N) is 2. The van der Waals surface area contributed by atoms with Crippen molar-refractivity contribution in [3.05, 3.63) is 23.5 Å². The van der Waals surface area contributed by atoms with Gasteiger partial charge in [-0.05, 0) is 18.8 Å². The molecule has 1 amide bonds. The summed E-state index contributed by atoms with van der Waals surface area (Å²) in [5, 5.41) is 0. The highest BCUT2D eigenvalue weighted by Gasteiger charge is 2.30. The molecule has 0 N–H and O–H groups in total. The second-order valence-electron chi connectivity index (χ2n) is 5.72. The number of aromatic nitrogens is 1. The summed E-state index contributed by atoms with van der Waals surface area (Å²) >= 11 is 0. The van der Waals surface area contributed by atoms with E-state index in [1.165, 1.54) is 0 Å². The molecule has 1 aliphatic heterocycles. The summed E-state index contributed by atoms with van der Waals surface area (Å²) in [6, 6.07) is 3.76. The predicted molar refractivity (Wildman–Crippen MR) is 80.8 cm³/mol. The first-order chi connectivity index (χ1) is 10.1. The molecule has 0 saturated carbocycles. The molecule has 116 valence electrons. The fourth-order valence-corrected chi connectivity index (χ4v) is 2.66. The van der Waals surface area contributed by atoms with Crippen molar-refractivity contribution in [2.24, 2.45) is 0 Å². The Bertz CT molecular complexity index is 502. The number of hydrogen-bond acceptors (Lipinski definition) is 4. The molecular weight excluding hydrogens is 268 g/mol. The number of ether oxygens (including phenoxy) is 2. The van der Waals surface area contributed by atoms with Gasteiger partial charge in [-0.3, -0.25) is 4.79 Å². The molecular formula is C16H24N2O3. The summed E-state index contributed by atoms with van der Waals surface area (Å²) in [5.74, 6) is 0.898. The number of carbonyl (C=O) groups is 1. The Kier molecular flexibility index (Phi) is 5.17. The number of methoxy groups -OCH3 is 2. The molecule has 21 heavy (non-hydrogen) atoms. The molecule has 0 unspecified atom stereocenters. The van der Waals surface area contributed by atoms with E-state index in [2.05, 4.69) is 18.8 Å². The smallest absolute Gasteiger partial charge is 0.272 e. The van der Waals surface area contributed by atoms with Crippen molar-refractivity contribution >= 4 is 5.91 Å². The van der Waals surface area contributed by atoms with Crippen molar-refractivity contribution in [3.63, 3.8) is 0 Å². The van der Waals surface area contributed by atoms with Crippen LogP contribution in [0.3, 0.4) is 0 Å². The number of rotatable bonds is 5. The zero-order chi connectivity index (χ0) is 15.4. The summed E-state index contributed by atoms with van der Waals surface area (Å²) < 4.78 is 10.5. The Morgan fingerprint density at radius 2 is 2.19 bits per heavy atom. The van der Waals surface area contributed by atoms with Crippen LogP contribution in [0.15, 0.2) is 12.1 Å². The van der Waals surface area contributed by atoms with Gasteiger partial charge in [0.2, 0.25) is 0 Å². The lowest BCUT2D eigenvalue weighted by Gasteiger charge is -2.24. The topological polar surface area (TPSA) is 51.7 Å². The predicted octanol–water partition coefficient (Wildman–Crippen LogP) is 2.46. The first-order valence-corrected chi connectivity index (χ1v) is 7.42. The van der Waals surface area contributed by atoms with Gasteiger partial charge in [0, 0.05) is 31.5 Å². The Morgan fingerprint density at radius 1 is 1.43 bits per heavy atom. The van der Waals surface area contributed by atoms with E-state index in [1.807, 2.05) is 11.0 Å². The molecule has 1 aromatic rings. The molecule has 1 aliphatic rings. The van der Waals surface area contributed by atoms with Gasteiger partial charge in [0.1, 0.15) is 11.4 Å². The Morgan fingerprint density at radius 3 is 2.81 bits per heavy atom. The van der Waals surface area contributed by atoms with Crippen LogP contribution >= 0.6 is 0 Å². The summed E-state index contributed by atoms with van der Waals surface area (Å²) in [6.07, 6.45) is 2.00. The van der Waals surface area contributed by atoms with Gasteiger partial charge in [0.05, 0.1) is 19.8 Å². The molecule has 1 aromatic heterocycles. The van der Waals surface area contributed by atoms with E-state index in [9.17, 15) is 4.79 Å². The molecule has 2 heterocycles. The molecule has 1 saturated heterocycles. The maximum absolute atomic E-state index is 12.7. The average molecular weight is 292 g/mol. The molecule has 5 heteroatoms. The van der Waals surface area contributed by atoms with Crippen molar-refractivity contribution in [1.82, 2.24) is 9.88 Å². The van der Waals surface area contributed by atoms with Gasteiger partial charge in [0.25, 0.3) is 5.91 Å². The highest BCUT2D eigenvalue weighted by atomic mass is 16.5. The van der Waals surface area contributed by atoms with Crippen molar-refractivity contribution in [3.8, 4) is 5.75 Å². The highest BCUT2D eigenvalue weighted by Crippen LogP contribution is 2.24. The third-order valence-corrected chi connectivity index (χ3v) is 3.86. The Hall–Kier alpha value is -1.62. The first-order valence-electron chi connectivity index (χ1n) is 7.42. The third-order valence-electron chi connectivity index (χ3n) is 3.86. The lowest BCUT2D eigenvalue weighted by molar-refractivity contribution is 0.0624. The standard InChI is InChI=1S/C16H24N2O3/c1-11(2)14-8-13(21-4)9-15(17-14)16(19)18-7-5-6-12(18)10-20-3/h8-9,11-12H,5-7,10H2,1-4H3/t12-/m1/s1. The van der Waals surface area contributed by atoms with Crippen LogP contribution in [-0.2, 0) is 4.74 Å². The summed E-state index contributed by atoms with van der Waals surface area (Å²) in [5.41, 5.74) is 1.33. The van der Waals surface area contributed by atoms with Crippen LogP contribution < -0.4 is 4.74 Å². The number of hydrogen-bond donors (Lipinski definition) is 0. The molecule has 0 aromatic carbocycles. The van der Waals surface area contributed by atoms with E-state index in [0.29, 0.717) is 18.1 Å². The number of pyridine rings is 1. The highest BCUT2D eigenvalue weighted by molar-refractivity contribution is 5.93. The van der Waals surface area contributed by atoms with Crippen LogP contribution in [0, 0.1) is 0 Å². The summed E-state index contributed by atoms with van der Waals surface area (Å²) in [7, 11) is 3.28. The van der Waals surface area contributed by atoms with Crippen LogP contribution in [0.5, 0.6) is 5.75 Å². The fourth-order valence-electron chi connectivity index (χ4n) is 2.66. The third kappa shape index (κ3) is 3.53. The minimum atomic E-state index is -0.0321. The maximum atomic E-state index is 12.7. The van der Waals surface area contributed by atoms with Gasteiger partial charge in [-0.2, -0.15) is 0 Å². The monoisotopic (exact) mass is 292 g/mol.